The van der Waals surface area contributed by atoms with Crippen LogP contribution in [0.5, 0.6) is 5.75 Å². The summed E-state index contributed by atoms with van der Waals surface area (Å²) >= 11 is 1.26. The Balaban J connectivity index is 1.38. The Kier molecular flexibility index (Phi) is 7.18. The fourth-order valence-corrected chi connectivity index (χ4v) is 5.10. The monoisotopic (exact) mass is 517 g/mol. The summed E-state index contributed by atoms with van der Waals surface area (Å²) in [5.74, 6) is 0.236. The van der Waals surface area contributed by atoms with Crippen LogP contribution < -0.4 is 15.0 Å². The predicted octanol–water partition coefficient (Wildman–Crippen LogP) is 4.03. The van der Waals surface area contributed by atoms with Crippen molar-refractivity contribution in [3.63, 3.8) is 0 Å². The Morgan fingerprint density at radius 2 is 1.81 bits per heavy atom. The number of carbonyl (C=O) groups excluding carboxylic acids is 2. The molecule has 10 heteroatoms. The van der Waals surface area contributed by atoms with Gasteiger partial charge < -0.3 is 15.0 Å². The molecule has 2 heterocycles. The van der Waals surface area contributed by atoms with Gasteiger partial charge in [0.2, 0.25) is 5.91 Å². The maximum Gasteiger partial charge on any atom is 0.251 e. The smallest absolute Gasteiger partial charge is 0.251 e. The Morgan fingerprint density at radius 3 is 2.62 bits per heavy atom. The number of amides is 2. The molecule has 37 heavy (non-hydrogen) atoms. The largest absolute Gasteiger partial charge is 0.495 e. The number of methoxy groups -OCH3 is 1. The normalized spacial score (nSPS) is 12.3. The van der Waals surface area contributed by atoms with E-state index in [9.17, 15) is 14.0 Å². The lowest BCUT2D eigenvalue weighted by Crippen LogP contribution is -2.30. The highest BCUT2D eigenvalue weighted by Crippen LogP contribution is 2.31. The minimum atomic E-state index is -0.492. The maximum absolute atomic E-state index is 13.6. The Labute approximate surface area is 217 Å². The number of ether oxygens (including phenoxy) is 1. The molecule has 0 bridgehead atoms. The van der Waals surface area contributed by atoms with Gasteiger partial charge >= 0.3 is 0 Å². The van der Waals surface area contributed by atoms with Gasteiger partial charge in [-0.1, -0.05) is 48.2 Å². The van der Waals surface area contributed by atoms with Crippen molar-refractivity contribution >= 4 is 29.3 Å². The highest BCUT2D eigenvalue weighted by Gasteiger charge is 2.25. The molecule has 1 aromatic heterocycles. The summed E-state index contributed by atoms with van der Waals surface area (Å²) in [6.45, 7) is 0.684. The van der Waals surface area contributed by atoms with E-state index >= 15 is 0 Å². The molecule has 0 radical (unpaired) electrons. The number of rotatable bonds is 8. The van der Waals surface area contributed by atoms with Crippen LogP contribution in [0.1, 0.15) is 21.7 Å². The van der Waals surface area contributed by atoms with Crippen molar-refractivity contribution in [2.75, 3.05) is 24.3 Å². The number of para-hydroxylation sites is 3. The molecule has 188 valence electrons. The average Bonchev–Trinajstić information content (AvgIpc) is 3.54. The van der Waals surface area contributed by atoms with Crippen LogP contribution in [0.2, 0.25) is 0 Å². The highest BCUT2D eigenvalue weighted by atomic mass is 32.2. The molecule has 1 aliphatic rings. The van der Waals surface area contributed by atoms with Gasteiger partial charge in [0.1, 0.15) is 11.6 Å². The fourth-order valence-electron chi connectivity index (χ4n) is 4.26. The molecule has 3 aromatic carbocycles. The second kappa shape index (κ2) is 10.8. The van der Waals surface area contributed by atoms with E-state index in [0.717, 1.165) is 17.7 Å². The van der Waals surface area contributed by atoms with Gasteiger partial charge in [-0.25, -0.2) is 4.39 Å². The Hall–Kier alpha value is -4.18. The first-order chi connectivity index (χ1) is 18.0. The second-order valence-corrected chi connectivity index (χ2v) is 9.25. The number of halogens is 1. The van der Waals surface area contributed by atoms with Crippen molar-refractivity contribution in [3.8, 4) is 11.4 Å². The van der Waals surface area contributed by atoms with Crippen LogP contribution in [0.25, 0.3) is 5.69 Å². The zero-order chi connectivity index (χ0) is 25.8. The van der Waals surface area contributed by atoms with Crippen LogP contribution in [-0.2, 0) is 17.8 Å². The van der Waals surface area contributed by atoms with Gasteiger partial charge in [0.05, 0.1) is 25.1 Å². The van der Waals surface area contributed by atoms with E-state index in [1.807, 2.05) is 48.5 Å². The number of carbonyl (C=O) groups is 2. The molecular formula is C27H24FN5O3S. The summed E-state index contributed by atoms with van der Waals surface area (Å²) in [6, 6.07) is 20.7. The van der Waals surface area contributed by atoms with E-state index in [1.54, 1.807) is 16.6 Å². The molecule has 0 spiro atoms. The molecular weight excluding hydrogens is 493 g/mol. The van der Waals surface area contributed by atoms with Crippen LogP contribution in [0.15, 0.2) is 78.0 Å². The lowest BCUT2D eigenvalue weighted by molar-refractivity contribution is -0.116. The molecule has 1 aliphatic heterocycles. The summed E-state index contributed by atoms with van der Waals surface area (Å²) in [7, 11) is 1.57. The fraction of sp³-hybridized carbons (Fsp3) is 0.185. The van der Waals surface area contributed by atoms with E-state index in [0.29, 0.717) is 29.0 Å². The van der Waals surface area contributed by atoms with Crippen molar-refractivity contribution in [2.24, 2.45) is 0 Å². The molecule has 0 unspecified atom stereocenters. The van der Waals surface area contributed by atoms with Crippen LogP contribution in [0.3, 0.4) is 0 Å². The molecule has 0 saturated heterocycles. The van der Waals surface area contributed by atoms with Crippen molar-refractivity contribution in [1.29, 1.82) is 0 Å². The van der Waals surface area contributed by atoms with Crippen molar-refractivity contribution in [2.45, 2.75) is 18.1 Å². The van der Waals surface area contributed by atoms with Gasteiger partial charge in [-0.05, 0) is 48.4 Å². The lowest BCUT2D eigenvalue weighted by Gasteiger charge is -2.17. The van der Waals surface area contributed by atoms with Gasteiger partial charge in [-0.3, -0.25) is 14.2 Å². The Morgan fingerprint density at radius 1 is 1.03 bits per heavy atom. The van der Waals surface area contributed by atoms with Crippen molar-refractivity contribution in [3.05, 3.63) is 95.6 Å². The number of nitrogens with zero attached hydrogens (tertiary/aromatic N) is 4. The molecule has 0 atom stereocenters. The number of nitrogens with one attached hydrogen (secondary N) is 1. The van der Waals surface area contributed by atoms with Gasteiger partial charge in [0.15, 0.2) is 11.0 Å². The number of benzene rings is 3. The molecule has 8 nitrogen and oxygen atoms in total. The minimum Gasteiger partial charge on any atom is -0.495 e. The number of fused-ring (bicyclic) bond motifs is 1. The second-order valence-electron chi connectivity index (χ2n) is 8.31. The standard InChI is InChI=1S/C27H24FN5O3S/c1-36-23-12-5-4-11-22(23)33-24(16-29-26(35)19-8-6-9-20(28)15-19)30-31-27(33)37-17-25(34)32-14-13-18-7-2-3-10-21(18)32/h2-12,15H,13-14,16-17H2,1H3,(H,29,35). The van der Waals surface area contributed by atoms with E-state index in [-0.39, 0.29) is 23.8 Å². The third-order valence-corrected chi connectivity index (χ3v) is 6.95. The minimum absolute atomic E-state index is 0.0227. The highest BCUT2D eigenvalue weighted by molar-refractivity contribution is 7.99. The number of aromatic nitrogens is 3. The first-order valence-electron chi connectivity index (χ1n) is 11.7. The van der Waals surface area contributed by atoms with E-state index in [4.69, 9.17) is 4.74 Å². The average molecular weight is 518 g/mol. The molecule has 5 rings (SSSR count). The molecule has 0 aliphatic carbocycles. The van der Waals surface area contributed by atoms with E-state index < -0.39 is 11.7 Å². The predicted molar refractivity (Wildman–Crippen MR) is 139 cm³/mol. The number of hydrogen-bond donors (Lipinski definition) is 1. The molecule has 4 aromatic rings. The van der Waals surface area contributed by atoms with Crippen LogP contribution in [-0.4, -0.2) is 46.0 Å². The topological polar surface area (TPSA) is 89.3 Å². The SMILES string of the molecule is COc1ccccc1-n1c(CNC(=O)c2cccc(F)c2)nnc1SCC(=O)N1CCc2ccccc21. The third-order valence-electron chi connectivity index (χ3n) is 6.03. The summed E-state index contributed by atoms with van der Waals surface area (Å²) in [4.78, 5) is 27.5. The molecule has 1 N–H and O–H groups in total. The third kappa shape index (κ3) is 5.19. The summed E-state index contributed by atoms with van der Waals surface area (Å²) in [6.07, 6.45) is 0.832. The van der Waals surface area contributed by atoms with Gasteiger partial charge in [-0.15, -0.1) is 10.2 Å². The summed E-state index contributed by atoms with van der Waals surface area (Å²) in [5.41, 5.74) is 2.98. The molecule has 2 amide bonds. The first-order valence-corrected chi connectivity index (χ1v) is 12.7. The van der Waals surface area contributed by atoms with Gasteiger partial charge in [-0.2, -0.15) is 0 Å². The zero-order valence-electron chi connectivity index (χ0n) is 20.1. The lowest BCUT2D eigenvalue weighted by atomic mass is 10.2. The van der Waals surface area contributed by atoms with Crippen molar-refractivity contribution in [1.82, 2.24) is 20.1 Å². The van der Waals surface area contributed by atoms with Crippen LogP contribution in [0, 0.1) is 5.82 Å². The first kappa shape index (κ1) is 24.5. The number of anilines is 1. The van der Waals surface area contributed by atoms with Crippen molar-refractivity contribution < 1.29 is 18.7 Å². The zero-order valence-corrected chi connectivity index (χ0v) is 20.9. The van der Waals surface area contributed by atoms with E-state index in [2.05, 4.69) is 15.5 Å². The summed E-state index contributed by atoms with van der Waals surface area (Å²) in [5, 5.41) is 11.9. The van der Waals surface area contributed by atoms with Gasteiger partial charge in [0.25, 0.3) is 5.91 Å². The molecule has 0 fully saturated rings. The number of hydrogen-bond acceptors (Lipinski definition) is 6. The van der Waals surface area contributed by atoms with Gasteiger partial charge in [0, 0.05) is 17.8 Å². The summed E-state index contributed by atoms with van der Waals surface area (Å²) < 4.78 is 20.9. The van der Waals surface area contributed by atoms with Crippen LogP contribution >= 0.6 is 11.8 Å². The quantitative estimate of drug-likeness (QED) is 0.355. The molecule has 0 saturated carbocycles. The Bertz CT molecular complexity index is 1460. The van der Waals surface area contributed by atoms with E-state index in [1.165, 1.54) is 36.0 Å². The number of thioether (sulfide) groups is 1. The maximum atomic E-state index is 13.6. The van der Waals surface area contributed by atoms with Crippen LogP contribution in [0.4, 0.5) is 10.1 Å².